The minimum atomic E-state index is -0.0640. The molecule has 0 aliphatic rings. The Labute approximate surface area is 106 Å². The summed E-state index contributed by atoms with van der Waals surface area (Å²) in [5.41, 5.74) is 9.51. The fourth-order valence-corrected chi connectivity index (χ4v) is 2.04. The molecule has 0 bridgehead atoms. The van der Waals surface area contributed by atoms with Crippen molar-refractivity contribution < 1.29 is 0 Å². The van der Waals surface area contributed by atoms with Crippen molar-refractivity contribution in [3.63, 3.8) is 0 Å². The molecule has 1 aromatic heterocycles. The van der Waals surface area contributed by atoms with Crippen LogP contribution in [0.15, 0.2) is 30.5 Å². The first-order chi connectivity index (χ1) is 8.09. The van der Waals surface area contributed by atoms with Crippen molar-refractivity contribution in [2.75, 3.05) is 0 Å². The van der Waals surface area contributed by atoms with E-state index in [1.165, 1.54) is 5.56 Å². The second kappa shape index (κ2) is 4.90. The zero-order valence-electron chi connectivity index (χ0n) is 10.0. The van der Waals surface area contributed by atoms with Crippen molar-refractivity contribution in [3.8, 4) is 0 Å². The summed E-state index contributed by atoms with van der Waals surface area (Å²) in [5, 5.41) is 4.90. The van der Waals surface area contributed by atoms with Crippen LogP contribution in [0.25, 0.3) is 0 Å². The first kappa shape index (κ1) is 12.1. The molecule has 2 aromatic rings. The molecule has 1 atom stereocenters. The Bertz CT molecular complexity index is 519. The predicted molar refractivity (Wildman–Crippen MR) is 70.1 cm³/mol. The van der Waals surface area contributed by atoms with Crippen molar-refractivity contribution in [2.45, 2.75) is 26.4 Å². The van der Waals surface area contributed by atoms with Crippen molar-refractivity contribution in [3.05, 3.63) is 52.3 Å². The quantitative estimate of drug-likeness (QED) is 0.909. The maximum Gasteiger partial charge on any atom is 0.0814 e. The molecule has 2 rings (SSSR count). The first-order valence-electron chi connectivity index (χ1n) is 5.58. The van der Waals surface area contributed by atoms with Gasteiger partial charge in [0.1, 0.15) is 0 Å². The normalized spacial score (nSPS) is 12.7. The average Bonchev–Trinajstić information content (AvgIpc) is 2.61. The number of rotatable bonds is 3. The molecular weight excluding hydrogens is 234 g/mol. The predicted octanol–water partition coefficient (Wildman–Crippen LogP) is 2.85. The minimum Gasteiger partial charge on any atom is -0.322 e. The summed E-state index contributed by atoms with van der Waals surface area (Å²) >= 11 is 5.97. The van der Waals surface area contributed by atoms with Gasteiger partial charge in [0.25, 0.3) is 0 Å². The number of nitrogens with zero attached hydrogens (tertiary/aromatic N) is 2. The summed E-state index contributed by atoms with van der Waals surface area (Å²) in [6, 6.07) is 8.08. The molecule has 17 heavy (non-hydrogen) atoms. The lowest BCUT2D eigenvalue weighted by atomic mass is 10.0. The smallest absolute Gasteiger partial charge is 0.0814 e. The van der Waals surface area contributed by atoms with E-state index in [0.29, 0.717) is 11.6 Å². The summed E-state index contributed by atoms with van der Waals surface area (Å²) in [6.07, 6.45) is 1.65. The van der Waals surface area contributed by atoms with Crippen LogP contribution in [0.3, 0.4) is 0 Å². The van der Waals surface area contributed by atoms with Crippen LogP contribution in [0.4, 0.5) is 0 Å². The molecule has 0 aliphatic carbocycles. The lowest BCUT2D eigenvalue weighted by Crippen LogP contribution is -2.20. The molecule has 90 valence electrons. The number of hydrogen-bond donors (Lipinski definition) is 1. The Morgan fingerprint density at radius 2 is 2.06 bits per heavy atom. The van der Waals surface area contributed by atoms with Gasteiger partial charge in [-0.3, -0.25) is 4.68 Å². The Hall–Kier alpha value is -1.32. The summed E-state index contributed by atoms with van der Waals surface area (Å²) in [5.74, 6) is 0. The zero-order chi connectivity index (χ0) is 12.4. The standard InChI is InChI=1S/C13H16ClN3/c1-9-5-3-4-6-11(9)13(15)8-17-10(2)12(14)7-16-17/h3-7,13H,8,15H2,1-2H3. The Kier molecular flexibility index (Phi) is 3.50. The van der Waals surface area contributed by atoms with Gasteiger partial charge in [-0.15, -0.1) is 0 Å². The number of aromatic nitrogens is 2. The van der Waals surface area contributed by atoms with E-state index in [2.05, 4.69) is 24.2 Å². The van der Waals surface area contributed by atoms with Crippen LogP contribution >= 0.6 is 11.6 Å². The third-order valence-electron chi connectivity index (χ3n) is 3.00. The molecule has 0 saturated heterocycles. The average molecular weight is 250 g/mol. The molecule has 0 aliphatic heterocycles. The number of nitrogens with two attached hydrogens (primary N) is 1. The SMILES string of the molecule is Cc1ccccc1C(N)Cn1ncc(Cl)c1C. The molecule has 0 saturated carbocycles. The molecule has 2 N–H and O–H groups in total. The monoisotopic (exact) mass is 249 g/mol. The van der Waals surface area contributed by atoms with E-state index in [1.807, 2.05) is 23.7 Å². The zero-order valence-corrected chi connectivity index (χ0v) is 10.8. The Balaban J connectivity index is 2.20. The second-order valence-electron chi connectivity index (χ2n) is 4.22. The lowest BCUT2D eigenvalue weighted by molar-refractivity contribution is 0.516. The number of aryl methyl sites for hydroxylation is 1. The van der Waals surface area contributed by atoms with E-state index >= 15 is 0 Å². The van der Waals surface area contributed by atoms with Gasteiger partial charge in [0.15, 0.2) is 0 Å². The molecule has 3 nitrogen and oxygen atoms in total. The fraction of sp³-hybridized carbons (Fsp3) is 0.308. The van der Waals surface area contributed by atoms with Crippen LogP contribution in [0.2, 0.25) is 5.02 Å². The molecule has 0 amide bonds. The maximum atomic E-state index is 6.20. The summed E-state index contributed by atoms with van der Waals surface area (Å²) in [4.78, 5) is 0. The molecule has 0 radical (unpaired) electrons. The van der Waals surface area contributed by atoms with E-state index in [-0.39, 0.29) is 6.04 Å². The van der Waals surface area contributed by atoms with Gasteiger partial charge in [-0.1, -0.05) is 35.9 Å². The summed E-state index contributed by atoms with van der Waals surface area (Å²) in [6.45, 7) is 4.65. The van der Waals surface area contributed by atoms with Gasteiger partial charge in [-0.2, -0.15) is 5.10 Å². The van der Waals surface area contributed by atoms with Crippen LogP contribution in [0.5, 0.6) is 0 Å². The van der Waals surface area contributed by atoms with E-state index in [1.54, 1.807) is 6.20 Å². The second-order valence-corrected chi connectivity index (χ2v) is 4.63. The molecule has 0 fully saturated rings. The third-order valence-corrected chi connectivity index (χ3v) is 3.37. The first-order valence-corrected chi connectivity index (χ1v) is 5.96. The Morgan fingerprint density at radius 3 is 2.65 bits per heavy atom. The van der Waals surface area contributed by atoms with Gasteiger partial charge in [-0.05, 0) is 25.0 Å². The molecule has 4 heteroatoms. The molecule has 1 heterocycles. The summed E-state index contributed by atoms with van der Waals surface area (Å²) in [7, 11) is 0. The number of halogens is 1. The van der Waals surface area contributed by atoms with Crippen molar-refractivity contribution >= 4 is 11.6 Å². The van der Waals surface area contributed by atoms with Crippen LogP contribution in [0.1, 0.15) is 22.9 Å². The highest BCUT2D eigenvalue weighted by Crippen LogP contribution is 2.19. The summed E-state index contributed by atoms with van der Waals surface area (Å²) < 4.78 is 1.85. The van der Waals surface area contributed by atoms with E-state index < -0.39 is 0 Å². The van der Waals surface area contributed by atoms with E-state index in [4.69, 9.17) is 17.3 Å². The van der Waals surface area contributed by atoms with Gasteiger partial charge in [0.2, 0.25) is 0 Å². The molecule has 1 unspecified atom stereocenters. The third kappa shape index (κ3) is 2.51. The molecule has 0 spiro atoms. The number of hydrogen-bond acceptors (Lipinski definition) is 2. The van der Waals surface area contributed by atoms with E-state index in [9.17, 15) is 0 Å². The highest BCUT2D eigenvalue weighted by atomic mass is 35.5. The molecule has 1 aromatic carbocycles. The highest BCUT2D eigenvalue weighted by Gasteiger charge is 2.12. The van der Waals surface area contributed by atoms with Crippen LogP contribution in [0, 0.1) is 13.8 Å². The largest absolute Gasteiger partial charge is 0.322 e. The fourth-order valence-electron chi connectivity index (χ4n) is 1.90. The van der Waals surface area contributed by atoms with Gasteiger partial charge < -0.3 is 5.73 Å². The van der Waals surface area contributed by atoms with Crippen LogP contribution < -0.4 is 5.73 Å². The number of benzene rings is 1. The minimum absolute atomic E-state index is 0.0640. The van der Waals surface area contributed by atoms with Crippen molar-refractivity contribution in [2.24, 2.45) is 5.73 Å². The van der Waals surface area contributed by atoms with Crippen molar-refractivity contribution in [1.82, 2.24) is 9.78 Å². The van der Waals surface area contributed by atoms with Crippen molar-refractivity contribution in [1.29, 1.82) is 0 Å². The van der Waals surface area contributed by atoms with Gasteiger partial charge >= 0.3 is 0 Å². The topological polar surface area (TPSA) is 43.8 Å². The maximum absolute atomic E-state index is 6.20. The highest BCUT2D eigenvalue weighted by molar-refractivity contribution is 6.31. The Morgan fingerprint density at radius 1 is 1.35 bits per heavy atom. The van der Waals surface area contributed by atoms with Gasteiger partial charge in [0.05, 0.1) is 23.5 Å². The van der Waals surface area contributed by atoms with Crippen LogP contribution in [-0.4, -0.2) is 9.78 Å². The lowest BCUT2D eigenvalue weighted by Gasteiger charge is -2.15. The van der Waals surface area contributed by atoms with E-state index in [0.717, 1.165) is 11.3 Å². The van der Waals surface area contributed by atoms with Gasteiger partial charge in [0, 0.05) is 6.04 Å². The molecular formula is C13H16ClN3. The van der Waals surface area contributed by atoms with Crippen LogP contribution in [-0.2, 0) is 6.54 Å². The van der Waals surface area contributed by atoms with Gasteiger partial charge in [-0.25, -0.2) is 0 Å².